The smallest absolute Gasteiger partial charge is 0.328 e. The number of esters is 2. The summed E-state index contributed by atoms with van der Waals surface area (Å²) in [4.78, 5) is 34.9. The van der Waals surface area contributed by atoms with Gasteiger partial charge in [0.2, 0.25) is 0 Å². The highest BCUT2D eigenvalue weighted by atomic mass is 16.5. The zero-order valence-corrected chi connectivity index (χ0v) is 11.1. The fourth-order valence-electron chi connectivity index (χ4n) is 1.70. The molecule has 0 aromatic rings. The van der Waals surface area contributed by atoms with Gasteiger partial charge in [-0.2, -0.15) is 10.5 Å². The molecule has 0 unspecified atom stereocenters. The highest BCUT2D eigenvalue weighted by molar-refractivity contribution is 5.95. The summed E-state index contributed by atoms with van der Waals surface area (Å²) in [6, 6.07) is 3.14. The highest BCUT2D eigenvalue weighted by Gasteiger charge is 2.57. The molecule has 0 spiro atoms. The number of methoxy groups -OCH3 is 2. The van der Waals surface area contributed by atoms with Gasteiger partial charge in [-0.15, -0.1) is 0 Å². The van der Waals surface area contributed by atoms with Crippen LogP contribution in [0, 0.1) is 39.9 Å². The minimum absolute atomic E-state index is 0.517. The Labute approximate surface area is 110 Å². The lowest BCUT2D eigenvalue weighted by atomic mass is 9.67. The lowest BCUT2D eigenvalue weighted by Gasteiger charge is -2.30. The summed E-state index contributed by atoms with van der Waals surface area (Å²) < 4.78 is 8.89. The fourth-order valence-corrected chi connectivity index (χ4v) is 1.70. The van der Waals surface area contributed by atoms with Crippen molar-refractivity contribution in [2.24, 2.45) is 17.3 Å². The molecule has 0 N–H and O–H groups in total. The van der Waals surface area contributed by atoms with Gasteiger partial charge in [-0.3, -0.25) is 14.4 Å². The Bertz CT molecular complexity index is 473. The second kappa shape index (κ2) is 6.50. The summed E-state index contributed by atoms with van der Waals surface area (Å²) in [5.41, 5.74) is -2.22. The first-order valence-corrected chi connectivity index (χ1v) is 5.31. The first-order valence-electron chi connectivity index (χ1n) is 5.31. The Morgan fingerprint density at radius 3 is 1.95 bits per heavy atom. The van der Waals surface area contributed by atoms with Crippen molar-refractivity contribution in [3.63, 3.8) is 0 Å². The van der Waals surface area contributed by atoms with Crippen LogP contribution in [0.1, 0.15) is 13.8 Å². The maximum absolute atomic E-state index is 11.9. The van der Waals surface area contributed by atoms with Crippen molar-refractivity contribution < 1.29 is 23.9 Å². The number of ether oxygens (including phenoxy) is 2. The van der Waals surface area contributed by atoms with E-state index < -0.39 is 35.0 Å². The number of hydrogen-bond donors (Lipinski definition) is 0. The van der Waals surface area contributed by atoms with Crippen molar-refractivity contribution in [2.75, 3.05) is 14.2 Å². The van der Waals surface area contributed by atoms with Gasteiger partial charge in [0.15, 0.2) is 11.3 Å². The predicted octanol–water partition coefficient (Wildman–Crippen LogP) is 0.207. The van der Waals surface area contributed by atoms with E-state index in [2.05, 4.69) is 9.47 Å². The van der Waals surface area contributed by atoms with Crippen LogP contribution in [0.5, 0.6) is 0 Å². The van der Waals surface area contributed by atoms with E-state index in [0.717, 1.165) is 21.1 Å². The molecule has 0 aromatic carbocycles. The lowest BCUT2D eigenvalue weighted by molar-refractivity contribution is -0.164. The maximum Gasteiger partial charge on any atom is 0.328 e. The van der Waals surface area contributed by atoms with Crippen LogP contribution in [-0.4, -0.2) is 31.9 Å². The summed E-state index contributed by atoms with van der Waals surface area (Å²) in [5.74, 6) is -5.63. The first kappa shape index (κ1) is 16.6. The summed E-state index contributed by atoms with van der Waals surface area (Å²) in [7, 11) is 2.03. The van der Waals surface area contributed by atoms with E-state index in [1.165, 1.54) is 6.92 Å². The molecule has 0 rings (SSSR count). The molecule has 0 saturated carbocycles. The summed E-state index contributed by atoms with van der Waals surface area (Å²) >= 11 is 0. The van der Waals surface area contributed by atoms with E-state index in [9.17, 15) is 19.6 Å². The van der Waals surface area contributed by atoms with E-state index in [-0.39, 0.29) is 0 Å². The molecule has 0 aliphatic rings. The van der Waals surface area contributed by atoms with Gasteiger partial charge in [0, 0.05) is 5.92 Å². The molecule has 7 heteroatoms. The number of carbonyl (C=O) groups is 3. The number of ketones is 1. The van der Waals surface area contributed by atoms with E-state index in [1.54, 1.807) is 12.1 Å². The number of rotatable bonds is 5. The standard InChI is InChI=1S/C12H14N2O5/c1-7(8(2)15)12(6-14,11(17)19-4)9(5-13)10(16)18-3/h7,9H,1-4H3/t7-,9-,12-/m0/s1. The second-order valence-corrected chi connectivity index (χ2v) is 3.89. The molecule has 0 aromatic heterocycles. The van der Waals surface area contributed by atoms with Crippen LogP contribution in [0.2, 0.25) is 0 Å². The molecule has 0 radical (unpaired) electrons. The quantitative estimate of drug-likeness (QED) is 0.652. The Morgan fingerprint density at radius 2 is 1.68 bits per heavy atom. The van der Waals surface area contributed by atoms with Crippen LogP contribution in [0.4, 0.5) is 0 Å². The van der Waals surface area contributed by atoms with Crippen molar-refractivity contribution in [1.82, 2.24) is 0 Å². The third kappa shape index (κ3) is 2.71. The average molecular weight is 266 g/mol. The van der Waals surface area contributed by atoms with Gasteiger partial charge >= 0.3 is 11.9 Å². The van der Waals surface area contributed by atoms with E-state index in [0.29, 0.717) is 0 Å². The summed E-state index contributed by atoms with van der Waals surface area (Å²) in [5, 5.41) is 18.3. The number of hydrogen-bond acceptors (Lipinski definition) is 7. The van der Waals surface area contributed by atoms with Crippen LogP contribution in [-0.2, 0) is 23.9 Å². The topological polar surface area (TPSA) is 117 Å². The van der Waals surface area contributed by atoms with Gasteiger partial charge in [0.05, 0.1) is 26.4 Å². The Morgan fingerprint density at radius 1 is 1.16 bits per heavy atom. The van der Waals surface area contributed by atoms with E-state index in [1.807, 2.05) is 0 Å². The second-order valence-electron chi connectivity index (χ2n) is 3.89. The third-order valence-electron chi connectivity index (χ3n) is 3.02. The minimum Gasteiger partial charge on any atom is -0.468 e. The SMILES string of the molecule is COC(=O)[C@H](C#N)[C@@](C#N)(C(=O)OC)[C@@H](C)C(C)=O. The van der Waals surface area contributed by atoms with Crippen LogP contribution >= 0.6 is 0 Å². The van der Waals surface area contributed by atoms with Gasteiger partial charge < -0.3 is 9.47 Å². The van der Waals surface area contributed by atoms with Crippen molar-refractivity contribution in [2.45, 2.75) is 13.8 Å². The van der Waals surface area contributed by atoms with Gasteiger partial charge in [0.1, 0.15) is 5.78 Å². The van der Waals surface area contributed by atoms with Crippen LogP contribution < -0.4 is 0 Å². The average Bonchev–Trinajstić information content (AvgIpc) is 2.42. The number of carbonyl (C=O) groups excluding carboxylic acids is 3. The lowest BCUT2D eigenvalue weighted by Crippen LogP contribution is -2.49. The van der Waals surface area contributed by atoms with Crippen molar-refractivity contribution in [3.05, 3.63) is 0 Å². The molecule has 3 atom stereocenters. The predicted molar refractivity (Wildman–Crippen MR) is 61.0 cm³/mol. The molecule has 0 bridgehead atoms. The van der Waals surface area contributed by atoms with E-state index >= 15 is 0 Å². The molecule has 0 amide bonds. The molecular formula is C12H14N2O5. The molecule has 102 valence electrons. The molecule has 0 saturated heterocycles. The molecule has 0 aliphatic heterocycles. The normalized spacial score (nSPS) is 15.9. The van der Waals surface area contributed by atoms with Crippen molar-refractivity contribution in [3.8, 4) is 12.1 Å². The minimum atomic E-state index is -2.22. The Balaban J connectivity index is 6.10. The summed E-state index contributed by atoms with van der Waals surface area (Å²) in [6.07, 6.45) is 0. The van der Waals surface area contributed by atoms with Crippen LogP contribution in [0.15, 0.2) is 0 Å². The van der Waals surface area contributed by atoms with Crippen LogP contribution in [0.3, 0.4) is 0 Å². The Kier molecular flexibility index (Phi) is 5.68. The van der Waals surface area contributed by atoms with Crippen molar-refractivity contribution in [1.29, 1.82) is 10.5 Å². The maximum atomic E-state index is 11.9. The molecular weight excluding hydrogens is 252 g/mol. The third-order valence-corrected chi connectivity index (χ3v) is 3.02. The van der Waals surface area contributed by atoms with Crippen molar-refractivity contribution >= 4 is 17.7 Å². The largest absolute Gasteiger partial charge is 0.468 e. The first-order chi connectivity index (χ1) is 8.83. The van der Waals surface area contributed by atoms with Crippen LogP contribution in [0.25, 0.3) is 0 Å². The highest BCUT2D eigenvalue weighted by Crippen LogP contribution is 2.38. The Hall–Kier alpha value is -2.41. The molecule has 7 nitrogen and oxygen atoms in total. The molecule has 19 heavy (non-hydrogen) atoms. The van der Waals surface area contributed by atoms with Gasteiger partial charge in [-0.1, -0.05) is 6.92 Å². The summed E-state index contributed by atoms with van der Waals surface area (Å²) in [6.45, 7) is 2.45. The number of nitrogens with zero attached hydrogens (tertiary/aromatic N) is 2. The molecule has 0 heterocycles. The zero-order chi connectivity index (χ0) is 15.2. The molecule has 0 fully saturated rings. The van der Waals surface area contributed by atoms with E-state index in [4.69, 9.17) is 5.26 Å². The van der Waals surface area contributed by atoms with Gasteiger partial charge in [-0.05, 0) is 6.92 Å². The number of nitriles is 2. The fraction of sp³-hybridized carbons (Fsp3) is 0.583. The molecule has 0 aliphatic carbocycles. The zero-order valence-electron chi connectivity index (χ0n) is 11.1. The number of Topliss-reactive ketones (excluding diaryl/α,β-unsaturated/α-hetero) is 1. The van der Waals surface area contributed by atoms with Gasteiger partial charge in [0.25, 0.3) is 0 Å². The monoisotopic (exact) mass is 266 g/mol. The van der Waals surface area contributed by atoms with Gasteiger partial charge in [-0.25, -0.2) is 0 Å².